The first-order valence-corrected chi connectivity index (χ1v) is 6.90. The third-order valence-electron chi connectivity index (χ3n) is 3.43. The molecule has 0 heterocycles. The van der Waals surface area contributed by atoms with Gasteiger partial charge in [0.15, 0.2) is 0 Å². The van der Waals surface area contributed by atoms with Crippen LogP contribution in [-0.4, -0.2) is 5.78 Å². The molecule has 1 aromatic carbocycles. The summed E-state index contributed by atoms with van der Waals surface area (Å²) < 4.78 is 0. The second-order valence-electron chi connectivity index (χ2n) is 6.30. The van der Waals surface area contributed by atoms with E-state index in [0.717, 1.165) is 25.7 Å². The molecule has 0 aromatic heterocycles. The molecule has 1 rings (SSSR count). The summed E-state index contributed by atoms with van der Waals surface area (Å²) in [5.41, 5.74) is 4.42. The molecule has 0 aliphatic heterocycles. The van der Waals surface area contributed by atoms with Crippen molar-refractivity contribution in [3.63, 3.8) is 0 Å². The maximum Gasteiger partial charge on any atom is 0.129 e. The van der Waals surface area contributed by atoms with Crippen LogP contribution in [0.1, 0.15) is 63.6 Å². The second-order valence-corrected chi connectivity index (χ2v) is 6.30. The molecule has 100 valence electrons. The molecule has 0 unspecified atom stereocenters. The average Bonchev–Trinajstić information content (AvgIpc) is 2.24. The number of ketones is 1. The number of hydrogen-bond donors (Lipinski definition) is 0. The minimum atomic E-state index is 0.220. The first-order chi connectivity index (χ1) is 8.30. The Morgan fingerprint density at radius 3 is 2.33 bits per heavy atom. The fraction of sp³-hybridized carbons (Fsp3) is 0.588. The van der Waals surface area contributed by atoms with Gasteiger partial charge in [0.05, 0.1) is 0 Å². The summed E-state index contributed by atoms with van der Waals surface area (Å²) in [4.78, 5) is 10.9. The summed E-state index contributed by atoms with van der Waals surface area (Å²) >= 11 is 0. The molecule has 0 aliphatic carbocycles. The lowest BCUT2D eigenvalue weighted by molar-refractivity contribution is -0.117. The quantitative estimate of drug-likeness (QED) is 0.694. The maximum absolute atomic E-state index is 10.9. The van der Waals surface area contributed by atoms with E-state index in [1.165, 1.54) is 16.7 Å². The Morgan fingerprint density at radius 2 is 1.83 bits per heavy atom. The fourth-order valence-corrected chi connectivity index (χ4v) is 2.13. The number of Topliss-reactive ketones (excluding diaryl/α,β-unsaturated/α-hetero) is 1. The van der Waals surface area contributed by atoms with Crippen molar-refractivity contribution in [2.75, 3.05) is 0 Å². The van der Waals surface area contributed by atoms with Crippen LogP contribution in [0.15, 0.2) is 18.2 Å². The monoisotopic (exact) mass is 246 g/mol. The van der Waals surface area contributed by atoms with Crippen LogP contribution in [0.4, 0.5) is 0 Å². The van der Waals surface area contributed by atoms with Crippen molar-refractivity contribution < 1.29 is 4.79 Å². The van der Waals surface area contributed by atoms with Crippen LogP contribution in [0.5, 0.6) is 0 Å². The lowest BCUT2D eigenvalue weighted by Gasteiger charge is -2.20. The summed E-state index contributed by atoms with van der Waals surface area (Å²) in [6.45, 7) is 10.6. The molecule has 1 heteroatoms. The van der Waals surface area contributed by atoms with Crippen molar-refractivity contribution in [1.29, 1.82) is 0 Å². The van der Waals surface area contributed by atoms with Gasteiger partial charge in [-0.3, -0.25) is 0 Å². The topological polar surface area (TPSA) is 17.1 Å². The van der Waals surface area contributed by atoms with E-state index in [1.807, 2.05) is 0 Å². The minimum Gasteiger partial charge on any atom is -0.300 e. The fourth-order valence-electron chi connectivity index (χ4n) is 2.13. The lowest BCUT2D eigenvalue weighted by Crippen LogP contribution is -2.11. The molecule has 0 amide bonds. The standard InChI is InChI=1S/C17H26O/c1-13-12-16(17(3,4)5)11-10-15(13)9-7-6-8-14(2)18/h10-12H,6-9H2,1-5H3. The molecule has 0 radical (unpaired) electrons. The third kappa shape index (κ3) is 4.64. The predicted molar refractivity (Wildman–Crippen MR) is 78.1 cm³/mol. The molecule has 1 nitrogen and oxygen atoms in total. The Labute approximate surface area is 112 Å². The first-order valence-electron chi connectivity index (χ1n) is 6.90. The number of rotatable bonds is 5. The lowest BCUT2D eigenvalue weighted by atomic mass is 9.85. The highest BCUT2D eigenvalue weighted by atomic mass is 16.1. The van der Waals surface area contributed by atoms with Crippen molar-refractivity contribution in [2.45, 2.75) is 65.7 Å². The van der Waals surface area contributed by atoms with Crippen molar-refractivity contribution in [3.05, 3.63) is 34.9 Å². The van der Waals surface area contributed by atoms with Crippen molar-refractivity contribution in [3.8, 4) is 0 Å². The van der Waals surface area contributed by atoms with Crippen LogP contribution < -0.4 is 0 Å². The Balaban J connectivity index is 2.60. The average molecular weight is 246 g/mol. The van der Waals surface area contributed by atoms with Gasteiger partial charge in [0.1, 0.15) is 5.78 Å². The molecular formula is C17H26O. The van der Waals surface area contributed by atoms with Crippen LogP contribution in [0, 0.1) is 6.92 Å². The van der Waals surface area contributed by atoms with Gasteiger partial charge in [0.2, 0.25) is 0 Å². The van der Waals surface area contributed by atoms with E-state index >= 15 is 0 Å². The van der Waals surface area contributed by atoms with E-state index in [9.17, 15) is 4.79 Å². The second kappa shape index (κ2) is 6.17. The number of hydrogen-bond acceptors (Lipinski definition) is 1. The van der Waals surface area contributed by atoms with Gasteiger partial charge >= 0.3 is 0 Å². The summed E-state index contributed by atoms with van der Waals surface area (Å²) in [7, 11) is 0. The van der Waals surface area contributed by atoms with Crippen LogP contribution in [0.25, 0.3) is 0 Å². The Hall–Kier alpha value is -1.11. The number of benzene rings is 1. The van der Waals surface area contributed by atoms with E-state index in [0.29, 0.717) is 5.78 Å². The van der Waals surface area contributed by atoms with Gasteiger partial charge < -0.3 is 4.79 Å². The highest BCUT2D eigenvalue weighted by molar-refractivity contribution is 5.75. The third-order valence-corrected chi connectivity index (χ3v) is 3.43. The maximum atomic E-state index is 10.9. The van der Waals surface area contributed by atoms with Gasteiger partial charge in [0.25, 0.3) is 0 Å². The molecule has 0 spiro atoms. The molecule has 0 saturated carbocycles. The van der Waals surface area contributed by atoms with Crippen LogP contribution in [-0.2, 0) is 16.6 Å². The first kappa shape index (κ1) is 14.9. The van der Waals surface area contributed by atoms with E-state index in [2.05, 4.69) is 45.9 Å². The van der Waals surface area contributed by atoms with Crippen LogP contribution in [0.3, 0.4) is 0 Å². The molecule has 1 aromatic rings. The van der Waals surface area contributed by atoms with Crippen molar-refractivity contribution in [2.24, 2.45) is 0 Å². The molecule has 0 N–H and O–H groups in total. The molecule has 0 atom stereocenters. The summed E-state index contributed by atoms with van der Waals surface area (Å²) in [5.74, 6) is 0.301. The molecule has 0 saturated heterocycles. The zero-order valence-corrected chi connectivity index (χ0v) is 12.5. The van der Waals surface area contributed by atoms with E-state index in [4.69, 9.17) is 0 Å². The predicted octanol–water partition coefficient (Wildman–Crippen LogP) is 4.59. The van der Waals surface area contributed by atoms with Gasteiger partial charge in [0, 0.05) is 6.42 Å². The zero-order chi connectivity index (χ0) is 13.8. The van der Waals surface area contributed by atoms with E-state index < -0.39 is 0 Å². The normalized spacial score (nSPS) is 11.6. The van der Waals surface area contributed by atoms with Crippen LogP contribution in [0.2, 0.25) is 0 Å². The van der Waals surface area contributed by atoms with Gasteiger partial charge in [-0.2, -0.15) is 0 Å². The Kier molecular flexibility index (Phi) is 5.13. The number of carbonyl (C=O) groups excluding carboxylic acids is 1. The molecule has 0 fully saturated rings. The van der Waals surface area contributed by atoms with E-state index in [1.54, 1.807) is 6.92 Å². The molecule has 18 heavy (non-hydrogen) atoms. The highest BCUT2D eigenvalue weighted by Crippen LogP contribution is 2.25. The van der Waals surface area contributed by atoms with Crippen LogP contribution >= 0.6 is 0 Å². The smallest absolute Gasteiger partial charge is 0.129 e. The van der Waals surface area contributed by atoms with E-state index in [-0.39, 0.29) is 5.41 Å². The van der Waals surface area contributed by atoms with Gasteiger partial charge in [-0.1, -0.05) is 39.0 Å². The minimum absolute atomic E-state index is 0.220. The Bertz CT molecular complexity index is 410. The number of unbranched alkanes of at least 4 members (excludes halogenated alkanes) is 1. The number of aryl methyl sites for hydroxylation is 2. The summed E-state index contributed by atoms with van der Waals surface area (Å²) in [5, 5.41) is 0. The SMILES string of the molecule is CC(=O)CCCCc1ccc(C(C)(C)C)cc1C. The largest absolute Gasteiger partial charge is 0.300 e. The molecular weight excluding hydrogens is 220 g/mol. The van der Waals surface area contributed by atoms with Gasteiger partial charge in [-0.25, -0.2) is 0 Å². The highest BCUT2D eigenvalue weighted by Gasteiger charge is 2.14. The van der Waals surface area contributed by atoms with Gasteiger partial charge in [-0.05, 0) is 55.2 Å². The summed E-state index contributed by atoms with van der Waals surface area (Å²) in [6.07, 6.45) is 3.92. The molecule has 0 aliphatic rings. The molecule has 0 bridgehead atoms. The Morgan fingerprint density at radius 1 is 1.17 bits per heavy atom. The van der Waals surface area contributed by atoms with Gasteiger partial charge in [-0.15, -0.1) is 0 Å². The zero-order valence-electron chi connectivity index (χ0n) is 12.5. The summed E-state index contributed by atoms with van der Waals surface area (Å²) in [6, 6.07) is 6.80. The van der Waals surface area contributed by atoms with Crippen molar-refractivity contribution >= 4 is 5.78 Å². The van der Waals surface area contributed by atoms with Crippen molar-refractivity contribution in [1.82, 2.24) is 0 Å². The number of carbonyl (C=O) groups is 1.